The van der Waals surface area contributed by atoms with Gasteiger partial charge in [-0.1, -0.05) is 42.5 Å². The van der Waals surface area contributed by atoms with Crippen LogP contribution in [0.5, 0.6) is 0 Å². The van der Waals surface area contributed by atoms with Gasteiger partial charge >= 0.3 is 0 Å². The predicted octanol–water partition coefficient (Wildman–Crippen LogP) is 2.34. The number of carbonyl (C=O) groups is 2. The molecule has 0 spiro atoms. The van der Waals surface area contributed by atoms with Gasteiger partial charge in [0.05, 0.1) is 11.3 Å². The van der Waals surface area contributed by atoms with Gasteiger partial charge in [0, 0.05) is 45.8 Å². The number of piperazine rings is 1. The average molecular weight is 363 g/mol. The lowest BCUT2D eigenvalue weighted by Gasteiger charge is -2.35. The highest BCUT2D eigenvalue weighted by molar-refractivity contribution is 6.52. The van der Waals surface area contributed by atoms with E-state index in [4.69, 9.17) is 0 Å². The van der Waals surface area contributed by atoms with E-state index in [9.17, 15) is 9.59 Å². The summed E-state index contributed by atoms with van der Waals surface area (Å²) in [5, 5.41) is 0. The number of hydrogen-bond acceptors (Lipinski definition) is 4. The molecule has 0 aliphatic carbocycles. The SMILES string of the molecule is Cc1cccc2c1C(=O)C(=O)N2CCN1CCN(Cc2ccccc2)CC1. The van der Waals surface area contributed by atoms with E-state index in [1.54, 1.807) is 4.90 Å². The highest BCUT2D eigenvalue weighted by atomic mass is 16.2. The van der Waals surface area contributed by atoms with Crippen molar-refractivity contribution in [3.05, 3.63) is 65.2 Å². The van der Waals surface area contributed by atoms with Gasteiger partial charge in [-0.2, -0.15) is 0 Å². The van der Waals surface area contributed by atoms with Crippen molar-refractivity contribution in [1.29, 1.82) is 0 Å². The highest BCUT2D eigenvalue weighted by Crippen LogP contribution is 2.31. The molecule has 2 aliphatic heterocycles. The van der Waals surface area contributed by atoms with Crippen molar-refractivity contribution < 1.29 is 9.59 Å². The summed E-state index contributed by atoms with van der Waals surface area (Å²) in [6, 6.07) is 16.2. The first kappa shape index (κ1) is 17.9. The Morgan fingerprint density at radius 1 is 0.815 bits per heavy atom. The summed E-state index contributed by atoms with van der Waals surface area (Å²) in [6.07, 6.45) is 0. The Balaban J connectivity index is 1.31. The van der Waals surface area contributed by atoms with E-state index >= 15 is 0 Å². The van der Waals surface area contributed by atoms with E-state index in [0.29, 0.717) is 12.1 Å². The molecule has 1 fully saturated rings. The van der Waals surface area contributed by atoms with Gasteiger partial charge in [-0.15, -0.1) is 0 Å². The zero-order valence-corrected chi connectivity index (χ0v) is 15.7. The summed E-state index contributed by atoms with van der Waals surface area (Å²) in [5.74, 6) is -0.752. The van der Waals surface area contributed by atoms with Crippen LogP contribution < -0.4 is 4.90 Å². The van der Waals surface area contributed by atoms with Gasteiger partial charge in [-0.3, -0.25) is 19.4 Å². The summed E-state index contributed by atoms with van der Waals surface area (Å²) in [4.78, 5) is 31.2. The Hall–Kier alpha value is -2.50. The first-order chi connectivity index (χ1) is 13.1. The van der Waals surface area contributed by atoms with Crippen LogP contribution in [0.2, 0.25) is 0 Å². The van der Waals surface area contributed by atoms with Gasteiger partial charge in [0.2, 0.25) is 0 Å². The number of anilines is 1. The molecular formula is C22H25N3O2. The van der Waals surface area contributed by atoms with Crippen molar-refractivity contribution in [3.63, 3.8) is 0 Å². The number of Topliss-reactive ketones (excluding diaryl/α,β-unsaturated/α-hetero) is 1. The van der Waals surface area contributed by atoms with Gasteiger partial charge in [0.25, 0.3) is 11.7 Å². The average Bonchev–Trinajstić information content (AvgIpc) is 2.94. The van der Waals surface area contributed by atoms with Crippen LogP contribution in [0, 0.1) is 6.92 Å². The third kappa shape index (κ3) is 3.66. The number of fused-ring (bicyclic) bond motifs is 1. The van der Waals surface area contributed by atoms with E-state index < -0.39 is 0 Å². The summed E-state index contributed by atoms with van der Waals surface area (Å²) in [6.45, 7) is 8.27. The number of amides is 1. The van der Waals surface area contributed by atoms with Crippen LogP contribution >= 0.6 is 0 Å². The Labute approximate surface area is 160 Å². The fourth-order valence-corrected chi connectivity index (χ4v) is 3.99. The molecule has 2 aliphatic rings. The van der Waals surface area contributed by atoms with E-state index in [1.807, 2.05) is 31.2 Å². The number of ketones is 1. The lowest BCUT2D eigenvalue weighted by atomic mass is 10.1. The van der Waals surface area contributed by atoms with E-state index in [0.717, 1.165) is 50.5 Å². The molecular weight excluding hydrogens is 338 g/mol. The normalized spacial score (nSPS) is 18.2. The van der Waals surface area contributed by atoms with Crippen molar-refractivity contribution in [2.75, 3.05) is 44.2 Å². The molecule has 0 radical (unpaired) electrons. The van der Waals surface area contributed by atoms with E-state index in [1.165, 1.54) is 5.56 Å². The van der Waals surface area contributed by atoms with Crippen LogP contribution in [-0.2, 0) is 11.3 Å². The maximum absolute atomic E-state index is 12.4. The lowest BCUT2D eigenvalue weighted by Crippen LogP contribution is -2.48. The largest absolute Gasteiger partial charge is 0.303 e. The van der Waals surface area contributed by atoms with Gasteiger partial charge < -0.3 is 4.90 Å². The molecule has 0 saturated carbocycles. The van der Waals surface area contributed by atoms with Gasteiger partial charge in [0.15, 0.2) is 0 Å². The van der Waals surface area contributed by atoms with Crippen molar-refractivity contribution in [2.45, 2.75) is 13.5 Å². The molecule has 0 N–H and O–H groups in total. The van der Waals surface area contributed by atoms with E-state index in [-0.39, 0.29) is 11.7 Å². The minimum absolute atomic E-state index is 0.365. The first-order valence-corrected chi connectivity index (χ1v) is 9.58. The van der Waals surface area contributed by atoms with Crippen LogP contribution in [0.4, 0.5) is 5.69 Å². The molecule has 27 heavy (non-hydrogen) atoms. The quantitative estimate of drug-likeness (QED) is 0.765. The molecule has 1 amide bonds. The van der Waals surface area contributed by atoms with Crippen LogP contribution in [0.1, 0.15) is 21.5 Å². The number of aryl methyl sites for hydroxylation is 1. The molecule has 4 rings (SSSR count). The summed E-state index contributed by atoms with van der Waals surface area (Å²) >= 11 is 0. The minimum atomic E-state index is -0.387. The molecule has 5 nitrogen and oxygen atoms in total. The molecule has 0 bridgehead atoms. The molecule has 2 aromatic rings. The third-order valence-electron chi connectivity index (χ3n) is 5.56. The molecule has 2 aromatic carbocycles. The van der Waals surface area contributed by atoms with Crippen molar-refractivity contribution in [3.8, 4) is 0 Å². The second kappa shape index (κ2) is 7.62. The molecule has 0 unspecified atom stereocenters. The number of benzene rings is 2. The van der Waals surface area contributed by atoms with Gasteiger partial charge in [-0.25, -0.2) is 0 Å². The lowest BCUT2D eigenvalue weighted by molar-refractivity contribution is -0.114. The molecule has 1 saturated heterocycles. The fourth-order valence-electron chi connectivity index (χ4n) is 3.99. The molecule has 0 aromatic heterocycles. The van der Waals surface area contributed by atoms with Gasteiger partial charge in [0.1, 0.15) is 0 Å². The number of hydrogen-bond donors (Lipinski definition) is 0. The van der Waals surface area contributed by atoms with Crippen molar-refractivity contribution in [2.24, 2.45) is 0 Å². The summed E-state index contributed by atoms with van der Waals surface area (Å²) < 4.78 is 0. The molecule has 5 heteroatoms. The van der Waals surface area contributed by atoms with Crippen LogP contribution in [0.3, 0.4) is 0 Å². The molecule has 2 heterocycles. The summed E-state index contributed by atoms with van der Waals surface area (Å²) in [7, 11) is 0. The standard InChI is InChI=1S/C22H25N3O2/c1-17-6-5-9-19-20(17)21(26)22(27)25(19)15-14-23-10-12-24(13-11-23)16-18-7-3-2-4-8-18/h2-9H,10-16H2,1H3. The zero-order chi connectivity index (χ0) is 18.8. The number of nitrogens with zero attached hydrogens (tertiary/aromatic N) is 3. The zero-order valence-electron chi connectivity index (χ0n) is 15.7. The topological polar surface area (TPSA) is 43.9 Å². The maximum Gasteiger partial charge on any atom is 0.299 e. The van der Waals surface area contributed by atoms with Crippen molar-refractivity contribution in [1.82, 2.24) is 9.80 Å². The Bertz CT molecular complexity index is 842. The first-order valence-electron chi connectivity index (χ1n) is 9.58. The fraction of sp³-hybridized carbons (Fsp3) is 0.364. The van der Waals surface area contributed by atoms with Gasteiger partial charge in [-0.05, 0) is 24.1 Å². The minimum Gasteiger partial charge on any atom is -0.303 e. The molecule has 140 valence electrons. The van der Waals surface area contributed by atoms with Crippen LogP contribution in [0.15, 0.2) is 48.5 Å². The highest BCUT2D eigenvalue weighted by Gasteiger charge is 2.36. The van der Waals surface area contributed by atoms with Crippen molar-refractivity contribution >= 4 is 17.4 Å². The summed E-state index contributed by atoms with van der Waals surface area (Å²) in [5.41, 5.74) is 3.57. The second-order valence-corrected chi connectivity index (χ2v) is 7.36. The monoisotopic (exact) mass is 363 g/mol. The second-order valence-electron chi connectivity index (χ2n) is 7.36. The van der Waals surface area contributed by atoms with Crippen LogP contribution in [-0.4, -0.2) is 60.8 Å². The van der Waals surface area contributed by atoms with Crippen LogP contribution in [0.25, 0.3) is 0 Å². The predicted molar refractivity (Wildman–Crippen MR) is 106 cm³/mol. The Morgan fingerprint density at radius 3 is 2.26 bits per heavy atom. The molecule has 0 atom stereocenters. The number of rotatable bonds is 5. The third-order valence-corrected chi connectivity index (χ3v) is 5.56. The Kier molecular flexibility index (Phi) is 5.05. The Morgan fingerprint density at radius 2 is 1.52 bits per heavy atom. The number of carbonyl (C=O) groups excluding carboxylic acids is 2. The smallest absolute Gasteiger partial charge is 0.299 e. The maximum atomic E-state index is 12.4. The van der Waals surface area contributed by atoms with E-state index in [2.05, 4.69) is 34.1 Å².